The lowest BCUT2D eigenvalue weighted by molar-refractivity contribution is -0.145. The number of benzene rings is 2. The number of aryl methyl sites for hydroxylation is 1. The van der Waals surface area contributed by atoms with Gasteiger partial charge in [0.1, 0.15) is 24.1 Å². The predicted octanol–water partition coefficient (Wildman–Crippen LogP) is 3.72. The summed E-state index contributed by atoms with van der Waals surface area (Å²) in [5.74, 6) is -0.304. The smallest absolute Gasteiger partial charge is 0.248 e. The van der Waals surface area contributed by atoms with Crippen molar-refractivity contribution in [3.05, 3.63) is 77.6 Å². The van der Waals surface area contributed by atoms with E-state index in [-0.39, 0.29) is 29.8 Å². The first-order chi connectivity index (χ1) is 17.8. The number of Topliss-reactive ketones (excluding diaryl/α,β-unsaturated/α-hetero) is 1. The topological polar surface area (TPSA) is 121 Å². The summed E-state index contributed by atoms with van der Waals surface area (Å²) >= 11 is 0. The quantitative estimate of drug-likeness (QED) is 0.410. The Kier molecular flexibility index (Phi) is 6.24. The normalized spacial score (nSPS) is 14.6. The maximum atomic E-state index is 13.2. The van der Waals surface area contributed by atoms with Crippen LogP contribution in [0, 0.1) is 18.3 Å². The highest BCUT2D eigenvalue weighted by atomic mass is 16.2. The SMILES string of the molecule is CC(=O)c1nn(CC(=O)N2CCC2C(=O)Nc2cccc(C)n2)c2ccc(-c3cccc(C#N)c3)cc12. The van der Waals surface area contributed by atoms with Crippen LogP contribution in [0.1, 0.15) is 35.1 Å². The minimum absolute atomic E-state index is 0.0977. The molecule has 1 atom stereocenters. The van der Waals surface area contributed by atoms with Gasteiger partial charge in [-0.1, -0.05) is 24.3 Å². The number of carbonyl (C=O) groups excluding carboxylic acids is 3. The zero-order valence-electron chi connectivity index (χ0n) is 20.4. The molecule has 1 saturated heterocycles. The number of amides is 2. The molecule has 9 heteroatoms. The largest absolute Gasteiger partial charge is 0.329 e. The van der Waals surface area contributed by atoms with Gasteiger partial charge in [0.05, 0.1) is 17.1 Å². The highest BCUT2D eigenvalue weighted by Crippen LogP contribution is 2.28. The van der Waals surface area contributed by atoms with Crippen molar-refractivity contribution in [3.63, 3.8) is 0 Å². The number of ketones is 1. The number of hydrogen-bond donors (Lipinski definition) is 1. The van der Waals surface area contributed by atoms with Gasteiger partial charge in [-0.25, -0.2) is 4.98 Å². The van der Waals surface area contributed by atoms with Crippen LogP contribution in [0.2, 0.25) is 0 Å². The number of carbonyl (C=O) groups is 3. The fourth-order valence-electron chi connectivity index (χ4n) is 4.51. The van der Waals surface area contributed by atoms with Gasteiger partial charge < -0.3 is 10.2 Å². The van der Waals surface area contributed by atoms with Crippen molar-refractivity contribution in [3.8, 4) is 17.2 Å². The Balaban J connectivity index is 1.38. The van der Waals surface area contributed by atoms with Gasteiger partial charge in [0.2, 0.25) is 11.8 Å². The molecule has 2 aromatic carbocycles. The van der Waals surface area contributed by atoms with E-state index < -0.39 is 6.04 Å². The molecular weight excluding hydrogens is 468 g/mol. The number of nitrogens with zero attached hydrogens (tertiary/aromatic N) is 5. The van der Waals surface area contributed by atoms with Crippen LogP contribution < -0.4 is 5.32 Å². The molecule has 0 radical (unpaired) electrons. The summed E-state index contributed by atoms with van der Waals surface area (Å²) in [7, 11) is 0. The fourth-order valence-corrected chi connectivity index (χ4v) is 4.51. The summed E-state index contributed by atoms with van der Waals surface area (Å²) in [6.07, 6.45) is 0.563. The van der Waals surface area contributed by atoms with Crippen molar-refractivity contribution < 1.29 is 14.4 Å². The van der Waals surface area contributed by atoms with E-state index in [9.17, 15) is 19.6 Å². The van der Waals surface area contributed by atoms with E-state index in [0.717, 1.165) is 16.8 Å². The van der Waals surface area contributed by atoms with Crippen LogP contribution in [-0.4, -0.2) is 49.8 Å². The molecule has 37 heavy (non-hydrogen) atoms. The zero-order chi connectivity index (χ0) is 26.1. The fraction of sp³-hybridized carbons (Fsp3) is 0.214. The van der Waals surface area contributed by atoms with Crippen molar-refractivity contribution in [1.82, 2.24) is 19.7 Å². The molecule has 2 aromatic heterocycles. The average Bonchev–Trinajstić information content (AvgIpc) is 3.21. The lowest BCUT2D eigenvalue weighted by atomic mass is 10.0. The highest BCUT2D eigenvalue weighted by molar-refractivity contribution is 6.06. The first-order valence-corrected chi connectivity index (χ1v) is 11.9. The van der Waals surface area contributed by atoms with Gasteiger partial charge in [0, 0.05) is 24.5 Å². The first-order valence-electron chi connectivity index (χ1n) is 11.9. The standard InChI is InChI=1S/C28H24N6O3/c1-17-5-3-8-25(30-17)31-28(37)24-11-12-33(24)26(36)16-34-23-10-9-21(14-22(23)27(32-34)18(2)35)20-7-4-6-19(13-20)15-29/h3-10,13-14,24H,11-12,16H2,1-2H3,(H,30,31,37). The molecule has 0 aliphatic carbocycles. The maximum Gasteiger partial charge on any atom is 0.248 e. The molecule has 4 aromatic rings. The second-order valence-electron chi connectivity index (χ2n) is 9.03. The number of nitriles is 1. The molecule has 1 aliphatic rings. The molecule has 9 nitrogen and oxygen atoms in total. The molecule has 2 amide bonds. The zero-order valence-corrected chi connectivity index (χ0v) is 20.4. The van der Waals surface area contributed by atoms with Crippen LogP contribution in [0.15, 0.2) is 60.7 Å². The first kappa shape index (κ1) is 23.9. The average molecular weight is 493 g/mol. The number of likely N-dealkylation sites (tertiary alicyclic amines) is 1. The van der Waals surface area contributed by atoms with E-state index in [2.05, 4.69) is 21.5 Å². The highest BCUT2D eigenvalue weighted by Gasteiger charge is 2.38. The van der Waals surface area contributed by atoms with Crippen molar-refractivity contribution in [2.24, 2.45) is 0 Å². The Hall–Kier alpha value is -4.84. The van der Waals surface area contributed by atoms with Crippen molar-refractivity contribution in [2.45, 2.75) is 32.9 Å². The molecule has 5 rings (SSSR count). The second-order valence-corrected chi connectivity index (χ2v) is 9.03. The Morgan fingerprint density at radius 2 is 1.86 bits per heavy atom. The second kappa shape index (κ2) is 9.66. The van der Waals surface area contributed by atoms with Gasteiger partial charge in [0.15, 0.2) is 5.78 Å². The third-order valence-electron chi connectivity index (χ3n) is 6.48. The van der Waals surface area contributed by atoms with Crippen LogP contribution in [0.4, 0.5) is 5.82 Å². The van der Waals surface area contributed by atoms with E-state index in [1.165, 1.54) is 16.5 Å². The van der Waals surface area contributed by atoms with Gasteiger partial charge in [0.25, 0.3) is 0 Å². The predicted molar refractivity (Wildman–Crippen MR) is 138 cm³/mol. The van der Waals surface area contributed by atoms with Crippen LogP contribution >= 0.6 is 0 Å². The van der Waals surface area contributed by atoms with Crippen LogP contribution in [-0.2, 0) is 16.1 Å². The molecule has 0 spiro atoms. The Labute approximate surface area is 213 Å². The summed E-state index contributed by atoms with van der Waals surface area (Å²) in [6, 6.07) is 19.7. The Bertz CT molecular complexity index is 1600. The number of hydrogen-bond acceptors (Lipinski definition) is 6. The van der Waals surface area contributed by atoms with E-state index in [0.29, 0.717) is 35.2 Å². The van der Waals surface area contributed by atoms with E-state index in [4.69, 9.17) is 0 Å². The molecule has 1 N–H and O–H groups in total. The molecule has 0 bridgehead atoms. The number of nitrogens with one attached hydrogen (secondary N) is 1. The van der Waals surface area contributed by atoms with Crippen molar-refractivity contribution in [2.75, 3.05) is 11.9 Å². The molecule has 1 fully saturated rings. The molecule has 3 heterocycles. The van der Waals surface area contributed by atoms with E-state index in [1.807, 2.05) is 43.3 Å². The van der Waals surface area contributed by atoms with Gasteiger partial charge in [-0.15, -0.1) is 0 Å². The Morgan fingerprint density at radius 1 is 1.08 bits per heavy atom. The number of rotatable bonds is 6. The third-order valence-corrected chi connectivity index (χ3v) is 6.48. The van der Waals surface area contributed by atoms with Crippen molar-refractivity contribution in [1.29, 1.82) is 5.26 Å². The number of fused-ring (bicyclic) bond motifs is 1. The maximum absolute atomic E-state index is 13.2. The van der Waals surface area contributed by atoms with Crippen LogP contribution in [0.25, 0.3) is 22.0 Å². The lowest BCUT2D eigenvalue weighted by Gasteiger charge is -2.39. The molecule has 184 valence electrons. The molecule has 1 unspecified atom stereocenters. The minimum atomic E-state index is -0.581. The number of aromatic nitrogens is 3. The van der Waals surface area contributed by atoms with Gasteiger partial charge in [-0.3, -0.25) is 19.1 Å². The van der Waals surface area contributed by atoms with E-state index >= 15 is 0 Å². The monoisotopic (exact) mass is 492 g/mol. The third kappa shape index (κ3) is 4.69. The van der Waals surface area contributed by atoms with Gasteiger partial charge >= 0.3 is 0 Å². The number of anilines is 1. The minimum Gasteiger partial charge on any atom is -0.329 e. The summed E-state index contributed by atoms with van der Waals surface area (Å²) < 4.78 is 1.51. The summed E-state index contributed by atoms with van der Waals surface area (Å²) in [4.78, 5) is 44.1. The summed E-state index contributed by atoms with van der Waals surface area (Å²) in [5, 5.41) is 17.1. The van der Waals surface area contributed by atoms with Gasteiger partial charge in [-0.05, 0) is 60.9 Å². The lowest BCUT2D eigenvalue weighted by Crippen LogP contribution is -2.57. The summed E-state index contributed by atoms with van der Waals surface area (Å²) in [6.45, 7) is 3.65. The molecule has 0 saturated carbocycles. The van der Waals surface area contributed by atoms with E-state index in [1.54, 1.807) is 24.3 Å². The summed E-state index contributed by atoms with van der Waals surface area (Å²) in [5.41, 5.74) is 3.91. The molecule has 1 aliphatic heterocycles. The Morgan fingerprint density at radius 3 is 2.57 bits per heavy atom. The van der Waals surface area contributed by atoms with Crippen LogP contribution in [0.5, 0.6) is 0 Å². The van der Waals surface area contributed by atoms with Crippen LogP contribution in [0.3, 0.4) is 0 Å². The molecular formula is C28H24N6O3. The van der Waals surface area contributed by atoms with Crippen molar-refractivity contribution >= 4 is 34.3 Å². The number of pyridine rings is 1. The van der Waals surface area contributed by atoms with Gasteiger partial charge in [-0.2, -0.15) is 10.4 Å².